The largest absolute Gasteiger partial charge is 0.478 e. The Morgan fingerprint density at radius 3 is 1.87 bits per heavy atom. The van der Waals surface area contributed by atoms with Gasteiger partial charge in [-0.3, -0.25) is 9.59 Å². The minimum atomic E-state index is -1.24. The van der Waals surface area contributed by atoms with Crippen LogP contribution in [0.15, 0.2) is 48.6 Å². The summed E-state index contributed by atoms with van der Waals surface area (Å²) in [6, 6.07) is 8.42. The number of carboxylic acid groups (broad SMARTS) is 1. The van der Waals surface area contributed by atoms with Crippen molar-refractivity contribution < 1.29 is 33.1 Å². The molecule has 0 bridgehead atoms. The number of Topliss-reactive ketones (excluding diaryl/α,β-unsaturated/α-hetero) is 2. The van der Waals surface area contributed by atoms with Gasteiger partial charge in [-0.15, -0.1) is 0 Å². The Bertz CT molecular complexity index is 1000. The highest BCUT2D eigenvalue weighted by molar-refractivity contribution is 14.1. The molecule has 2 rings (SSSR count). The maximum atomic E-state index is 13.2. The normalized spacial score (nSPS) is 10.3. The van der Waals surface area contributed by atoms with Crippen LogP contribution in [0.25, 0.3) is 0 Å². The molecule has 2 aromatic carbocycles. The van der Waals surface area contributed by atoms with E-state index in [9.17, 15) is 28.0 Å². The van der Waals surface area contributed by atoms with Crippen LogP contribution >= 0.6 is 45.2 Å². The molecule has 0 aromatic heterocycles. The highest BCUT2D eigenvalue weighted by Gasteiger charge is 2.12. The number of benzene rings is 2. The predicted octanol–water partition coefficient (Wildman–Crippen LogP) is 5.24. The van der Waals surface area contributed by atoms with Crippen molar-refractivity contribution in [2.75, 3.05) is 0 Å². The lowest BCUT2D eigenvalue weighted by Crippen LogP contribution is -2.05. The van der Waals surface area contributed by atoms with E-state index in [-0.39, 0.29) is 35.5 Å². The standard InChI is InChI=1S/C11H10FIO2.C10H6FIO3/c1-7(14)2-5-11(15)9-6-8(13)3-4-10(9)12;11-8-2-1-6(12)5-7(8)9(13)3-4-10(14)15/h3-4,6H,2,5H2,1H3;1-5H,(H,14,15)/b;4-3+. The third-order valence-electron chi connectivity index (χ3n) is 3.50. The molecule has 0 aliphatic heterocycles. The number of carbonyl (C=O) groups excluding carboxylic acids is 3. The van der Waals surface area contributed by atoms with Crippen molar-refractivity contribution in [1.29, 1.82) is 0 Å². The van der Waals surface area contributed by atoms with Gasteiger partial charge in [0.25, 0.3) is 0 Å². The molecule has 0 fully saturated rings. The molecule has 0 saturated heterocycles. The van der Waals surface area contributed by atoms with Crippen LogP contribution < -0.4 is 0 Å². The monoisotopic (exact) mass is 640 g/mol. The molecule has 1 N–H and O–H groups in total. The molecule has 0 spiro atoms. The van der Waals surface area contributed by atoms with Crippen molar-refractivity contribution in [3.8, 4) is 0 Å². The lowest BCUT2D eigenvalue weighted by Gasteiger charge is -2.02. The Balaban J connectivity index is 0.000000300. The highest BCUT2D eigenvalue weighted by atomic mass is 127. The van der Waals surface area contributed by atoms with E-state index in [0.29, 0.717) is 9.65 Å². The third-order valence-corrected chi connectivity index (χ3v) is 4.85. The molecular weight excluding hydrogens is 624 g/mol. The number of hydrogen-bond acceptors (Lipinski definition) is 4. The Hall–Kier alpha value is -2.02. The van der Waals surface area contributed by atoms with Crippen molar-refractivity contribution in [3.63, 3.8) is 0 Å². The van der Waals surface area contributed by atoms with Gasteiger partial charge >= 0.3 is 5.97 Å². The first-order valence-electron chi connectivity index (χ1n) is 8.39. The highest BCUT2D eigenvalue weighted by Crippen LogP contribution is 2.15. The summed E-state index contributed by atoms with van der Waals surface area (Å²) in [5.41, 5.74) is -0.0532. The summed E-state index contributed by atoms with van der Waals surface area (Å²) in [6.07, 6.45) is 1.76. The molecule has 158 valence electrons. The van der Waals surface area contributed by atoms with Crippen molar-refractivity contribution in [1.82, 2.24) is 0 Å². The number of carboxylic acids is 1. The van der Waals surface area contributed by atoms with Crippen LogP contribution in [0.3, 0.4) is 0 Å². The molecule has 0 atom stereocenters. The molecule has 0 saturated carbocycles. The molecule has 0 radical (unpaired) electrons. The molecule has 0 amide bonds. The van der Waals surface area contributed by atoms with E-state index in [2.05, 4.69) is 0 Å². The van der Waals surface area contributed by atoms with E-state index in [4.69, 9.17) is 5.11 Å². The second kappa shape index (κ2) is 12.6. The molecule has 0 aliphatic carbocycles. The zero-order valence-corrected chi connectivity index (χ0v) is 19.9. The van der Waals surface area contributed by atoms with Gasteiger partial charge in [0.15, 0.2) is 11.6 Å². The fraction of sp³-hybridized carbons (Fsp3) is 0.143. The topological polar surface area (TPSA) is 88.5 Å². The Morgan fingerprint density at radius 1 is 0.867 bits per heavy atom. The Kier molecular flexibility index (Phi) is 10.9. The second-order valence-electron chi connectivity index (χ2n) is 5.91. The first-order chi connectivity index (χ1) is 14.0. The van der Waals surface area contributed by atoms with E-state index in [1.807, 2.05) is 45.2 Å². The van der Waals surface area contributed by atoms with Gasteiger partial charge in [0.2, 0.25) is 0 Å². The zero-order chi connectivity index (χ0) is 22.8. The third kappa shape index (κ3) is 9.20. The van der Waals surface area contributed by atoms with E-state index >= 15 is 0 Å². The van der Waals surface area contributed by atoms with E-state index in [0.717, 1.165) is 9.65 Å². The fourth-order valence-electron chi connectivity index (χ4n) is 2.06. The predicted molar refractivity (Wildman–Crippen MR) is 124 cm³/mol. The summed E-state index contributed by atoms with van der Waals surface area (Å²) in [4.78, 5) is 43.7. The van der Waals surface area contributed by atoms with Crippen molar-refractivity contribution in [2.45, 2.75) is 19.8 Å². The van der Waals surface area contributed by atoms with Crippen LogP contribution in [0.4, 0.5) is 8.78 Å². The van der Waals surface area contributed by atoms with Gasteiger partial charge in [0.05, 0.1) is 11.1 Å². The number of ketones is 3. The van der Waals surface area contributed by atoms with Crippen LogP contribution in [-0.2, 0) is 9.59 Å². The number of rotatable bonds is 7. The van der Waals surface area contributed by atoms with E-state index in [1.54, 1.807) is 6.07 Å². The molecule has 0 heterocycles. The SMILES string of the molecule is CC(=O)CCC(=O)c1cc(I)ccc1F.O=C(O)/C=C/C(=O)c1cc(I)ccc1F. The minimum absolute atomic E-state index is 0.0608. The zero-order valence-electron chi connectivity index (χ0n) is 15.6. The lowest BCUT2D eigenvalue weighted by molar-refractivity contribution is -0.131. The van der Waals surface area contributed by atoms with Crippen LogP contribution in [-0.4, -0.2) is 28.4 Å². The Labute approximate surface area is 198 Å². The van der Waals surface area contributed by atoms with Crippen molar-refractivity contribution in [3.05, 3.63) is 78.5 Å². The van der Waals surface area contributed by atoms with Crippen LogP contribution in [0.2, 0.25) is 0 Å². The maximum absolute atomic E-state index is 13.2. The minimum Gasteiger partial charge on any atom is -0.478 e. The molecule has 0 unspecified atom stereocenters. The Morgan fingerprint density at radius 2 is 1.37 bits per heavy atom. The summed E-state index contributed by atoms with van der Waals surface area (Å²) in [7, 11) is 0. The number of hydrogen-bond donors (Lipinski definition) is 1. The molecule has 5 nitrogen and oxygen atoms in total. The van der Waals surface area contributed by atoms with Gasteiger partial charge < -0.3 is 9.90 Å². The van der Waals surface area contributed by atoms with Crippen LogP contribution in [0.5, 0.6) is 0 Å². The molecule has 0 aliphatic rings. The first-order valence-corrected chi connectivity index (χ1v) is 10.5. The molecular formula is C21H16F2I2O5. The van der Waals surface area contributed by atoms with Gasteiger partial charge in [-0.2, -0.15) is 0 Å². The van der Waals surface area contributed by atoms with Gasteiger partial charge in [-0.05, 0) is 94.6 Å². The van der Waals surface area contributed by atoms with Gasteiger partial charge in [-0.25, -0.2) is 13.6 Å². The molecule has 30 heavy (non-hydrogen) atoms. The summed E-state index contributed by atoms with van der Waals surface area (Å²) in [6.45, 7) is 1.42. The fourth-order valence-corrected chi connectivity index (χ4v) is 3.04. The maximum Gasteiger partial charge on any atom is 0.328 e. The summed E-state index contributed by atoms with van der Waals surface area (Å²) in [5, 5.41) is 8.30. The van der Waals surface area contributed by atoms with Gasteiger partial charge in [0.1, 0.15) is 17.4 Å². The molecule has 9 heteroatoms. The average Bonchev–Trinajstić information content (AvgIpc) is 2.68. The van der Waals surface area contributed by atoms with E-state index < -0.39 is 23.4 Å². The van der Waals surface area contributed by atoms with Crippen molar-refractivity contribution >= 4 is 68.5 Å². The van der Waals surface area contributed by atoms with Gasteiger partial charge in [-0.1, -0.05) is 0 Å². The number of carbonyl (C=O) groups is 4. The summed E-state index contributed by atoms with van der Waals surface area (Å²) >= 11 is 3.95. The summed E-state index contributed by atoms with van der Waals surface area (Å²) < 4.78 is 27.9. The lowest BCUT2D eigenvalue weighted by atomic mass is 10.1. The van der Waals surface area contributed by atoms with E-state index in [1.165, 1.54) is 37.3 Å². The van der Waals surface area contributed by atoms with Gasteiger partial charge in [0, 0.05) is 26.1 Å². The van der Waals surface area contributed by atoms with Crippen molar-refractivity contribution in [2.24, 2.45) is 0 Å². The number of halogens is 4. The smallest absolute Gasteiger partial charge is 0.328 e. The van der Waals surface area contributed by atoms with Crippen LogP contribution in [0, 0.1) is 18.8 Å². The van der Waals surface area contributed by atoms with Crippen LogP contribution in [0.1, 0.15) is 40.5 Å². The number of allylic oxidation sites excluding steroid dienone is 1. The first kappa shape index (κ1) is 26.0. The number of aliphatic carboxylic acids is 1. The average molecular weight is 640 g/mol. The molecule has 2 aromatic rings. The quantitative estimate of drug-likeness (QED) is 0.255. The summed E-state index contributed by atoms with van der Waals surface area (Å²) in [5.74, 6) is -3.46. The second-order valence-corrected chi connectivity index (χ2v) is 8.40.